The molecule has 258 valence electrons. The molecule has 1 aliphatic rings. The topological polar surface area (TPSA) is 38.9 Å². The molecule has 3 nitrogen and oxygen atoms in total. The van der Waals surface area contributed by atoms with Gasteiger partial charge in [-0.1, -0.05) is 164 Å². The van der Waals surface area contributed by atoms with Gasteiger partial charge < -0.3 is 4.42 Å². The summed E-state index contributed by atoms with van der Waals surface area (Å²) in [5, 5.41) is 5.71. The largest absolute Gasteiger partial charge is 0.459 e. The van der Waals surface area contributed by atoms with Crippen LogP contribution in [0.4, 0.5) is 0 Å². The minimum Gasteiger partial charge on any atom is -0.459 e. The quantitative estimate of drug-likeness (QED) is 0.168. The van der Waals surface area contributed by atoms with Crippen LogP contribution in [-0.4, -0.2) is 9.97 Å². The van der Waals surface area contributed by atoms with Gasteiger partial charge in [0.2, 0.25) is 0 Å². The standard InChI is InChI=1S/C52H34N2O/c1-4-16-33(17-5-1)36-28-44(34-18-6-2-7-19-34)51-46(29-36)47-31-37(30-45(52(47)55-51)35-20-8-3-9-21-35)38-22-10-13-25-41(38)48-32-53-49-42-26-14-11-23-39(42)40-24-12-15-27-43(40)50(49)54-48/h1-27,29-32,44H,28H2. The molecule has 1 unspecified atom stereocenters. The lowest BCUT2D eigenvalue weighted by molar-refractivity contribution is 0.519. The smallest absolute Gasteiger partial charge is 0.142 e. The van der Waals surface area contributed by atoms with E-state index in [0.717, 1.165) is 84.0 Å². The fourth-order valence-corrected chi connectivity index (χ4v) is 8.70. The van der Waals surface area contributed by atoms with Crippen LogP contribution < -0.4 is 0 Å². The van der Waals surface area contributed by atoms with Crippen molar-refractivity contribution >= 4 is 55.2 Å². The Morgan fingerprint density at radius 3 is 1.76 bits per heavy atom. The Bertz CT molecular complexity index is 3070. The van der Waals surface area contributed by atoms with Crippen molar-refractivity contribution in [2.75, 3.05) is 0 Å². The van der Waals surface area contributed by atoms with Crippen LogP contribution in [0.1, 0.15) is 34.8 Å². The molecule has 11 rings (SSSR count). The zero-order valence-corrected chi connectivity index (χ0v) is 30.0. The molecule has 2 aromatic heterocycles. The second-order valence-electron chi connectivity index (χ2n) is 14.4. The predicted octanol–water partition coefficient (Wildman–Crippen LogP) is 13.8. The SMILES string of the molecule is C1=C(c2ccccc2)CC(c2ccccc2)c2oc3c(-c4ccccc4)cc(-c4ccccc4-c4cnc5c6ccccc6c6ccccc6c5n4)cc3c21. The van der Waals surface area contributed by atoms with Gasteiger partial charge in [0.05, 0.1) is 22.9 Å². The van der Waals surface area contributed by atoms with E-state index in [1.54, 1.807) is 0 Å². The number of nitrogens with zero attached hydrogens (tertiary/aromatic N) is 2. The first-order valence-electron chi connectivity index (χ1n) is 18.9. The summed E-state index contributed by atoms with van der Waals surface area (Å²) in [6.07, 6.45) is 5.17. The molecule has 1 atom stereocenters. The lowest BCUT2D eigenvalue weighted by Crippen LogP contribution is -2.07. The van der Waals surface area contributed by atoms with E-state index < -0.39 is 0 Å². The van der Waals surface area contributed by atoms with Gasteiger partial charge in [-0.3, -0.25) is 4.98 Å². The summed E-state index contributed by atoms with van der Waals surface area (Å²) in [7, 11) is 0. The van der Waals surface area contributed by atoms with Gasteiger partial charge in [-0.25, -0.2) is 4.98 Å². The van der Waals surface area contributed by atoms with Crippen LogP contribution in [0.15, 0.2) is 187 Å². The summed E-state index contributed by atoms with van der Waals surface area (Å²) >= 11 is 0. The second-order valence-corrected chi connectivity index (χ2v) is 14.4. The van der Waals surface area contributed by atoms with Crippen molar-refractivity contribution in [3.05, 3.63) is 205 Å². The fraction of sp³-hybridized carbons (Fsp3) is 0.0385. The number of fused-ring (bicyclic) bond motifs is 9. The van der Waals surface area contributed by atoms with E-state index in [1.165, 1.54) is 27.5 Å². The van der Waals surface area contributed by atoms with Crippen molar-refractivity contribution in [1.29, 1.82) is 0 Å². The molecule has 0 radical (unpaired) electrons. The third-order valence-electron chi connectivity index (χ3n) is 11.3. The van der Waals surface area contributed by atoms with E-state index in [1.807, 2.05) is 6.20 Å². The van der Waals surface area contributed by atoms with Gasteiger partial charge in [0, 0.05) is 38.8 Å². The molecule has 0 spiro atoms. The van der Waals surface area contributed by atoms with Crippen LogP contribution in [-0.2, 0) is 0 Å². The lowest BCUT2D eigenvalue weighted by atomic mass is 9.80. The maximum atomic E-state index is 7.09. The average molecular weight is 703 g/mol. The lowest BCUT2D eigenvalue weighted by Gasteiger charge is -2.23. The van der Waals surface area contributed by atoms with Gasteiger partial charge in [0.15, 0.2) is 0 Å². The Kier molecular flexibility index (Phi) is 7.31. The molecule has 0 saturated carbocycles. The summed E-state index contributed by atoms with van der Waals surface area (Å²) in [6.45, 7) is 0. The van der Waals surface area contributed by atoms with Crippen LogP contribution in [0.2, 0.25) is 0 Å². The van der Waals surface area contributed by atoms with Crippen LogP contribution in [0.5, 0.6) is 0 Å². The van der Waals surface area contributed by atoms with E-state index in [-0.39, 0.29) is 5.92 Å². The molecular weight excluding hydrogens is 669 g/mol. The highest BCUT2D eigenvalue weighted by atomic mass is 16.3. The number of benzene rings is 8. The van der Waals surface area contributed by atoms with Gasteiger partial charge in [0.1, 0.15) is 11.3 Å². The molecule has 0 bridgehead atoms. The van der Waals surface area contributed by atoms with Crippen molar-refractivity contribution in [3.63, 3.8) is 0 Å². The number of allylic oxidation sites excluding steroid dienone is 1. The first kappa shape index (κ1) is 31.4. The third-order valence-corrected chi connectivity index (χ3v) is 11.3. The van der Waals surface area contributed by atoms with Gasteiger partial charge in [-0.15, -0.1) is 0 Å². The average Bonchev–Trinajstić information content (AvgIpc) is 3.65. The third kappa shape index (κ3) is 5.20. The molecule has 1 aliphatic carbocycles. The number of hydrogen-bond acceptors (Lipinski definition) is 3. The summed E-state index contributed by atoms with van der Waals surface area (Å²) in [4.78, 5) is 10.5. The molecule has 2 heterocycles. The molecule has 8 aromatic carbocycles. The van der Waals surface area contributed by atoms with Gasteiger partial charge in [-0.05, 0) is 68.8 Å². The van der Waals surface area contributed by atoms with Crippen LogP contribution in [0.3, 0.4) is 0 Å². The van der Waals surface area contributed by atoms with Gasteiger partial charge in [-0.2, -0.15) is 0 Å². The monoisotopic (exact) mass is 702 g/mol. The van der Waals surface area contributed by atoms with E-state index in [2.05, 4.69) is 182 Å². The van der Waals surface area contributed by atoms with Crippen molar-refractivity contribution in [2.45, 2.75) is 12.3 Å². The number of rotatable bonds is 5. The highest BCUT2D eigenvalue weighted by Crippen LogP contribution is 2.49. The predicted molar refractivity (Wildman–Crippen MR) is 228 cm³/mol. The van der Waals surface area contributed by atoms with E-state index in [4.69, 9.17) is 14.4 Å². The number of hydrogen-bond donors (Lipinski definition) is 0. The zero-order valence-electron chi connectivity index (χ0n) is 30.0. The maximum Gasteiger partial charge on any atom is 0.142 e. The van der Waals surface area contributed by atoms with Crippen LogP contribution in [0, 0.1) is 0 Å². The minimum absolute atomic E-state index is 0.0851. The highest BCUT2D eigenvalue weighted by Gasteiger charge is 2.30. The molecular formula is C52H34N2O. The first-order chi connectivity index (χ1) is 27.3. The molecule has 0 saturated heterocycles. The molecule has 3 heteroatoms. The van der Waals surface area contributed by atoms with Gasteiger partial charge in [0.25, 0.3) is 0 Å². The Balaban J connectivity index is 1.16. The van der Waals surface area contributed by atoms with E-state index in [0.29, 0.717) is 0 Å². The maximum absolute atomic E-state index is 7.09. The van der Waals surface area contributed by atoms with Crippen molar-refractivity contribution in [1.82, 2.24) is 9.97 Å². The summed E-state index contributed by atoms with van der Waals surface area (Å²) in [6, 6.07) is 62.4. The van der Waals surface area contributed by atoms with Gasteiger partial charge >= 0.3 is 0 Å². The minimum atomic E-state index is 0.0851. The second kappa shape index (κ2) is 12.8. The number of aromatic nitrogens is 2. The Labute approximate surface area is 318 Å². The van der Waals surface area contributed by atoms with Crippen LogP contribution >= 0.6 is 0 Å². The molecule has 10 aromatic rings. The molecule has 0 aliphatic heterocycles. The Morgan fingerprint density at radius 1 is 0.473 bits per heavy atom. The summed E-state index contributed by atoms with van der Waals surface area (Å²) in [5.74, 6) is 1.10. The Morgan fingerprint density at radius 2 is 1.05 bits per heavy atom. The summed E-state index contributed by atoms with van der Waals surface area (Å²) in [5.41, 5.74) is 14.0. The van der Waals surface area contributed by atoms with Crippen LogP contribution in [0.25, 0.3) is 88.7 Å². The van der Waals surface area contributed by atoms with E-state index >= 15 is 0 Å². The number of furan rings is 1. The molecule has 0 amide bonds. The first-order valence-corrected chi connectivity index (χ1v) is 18.9. The normalized spacial score (nSPS) is 14.0. The van der Waals surface area contributed by atoms with Crippen molar-refractivity contribution in [2.24, 2.45) is 0 Å². The summed E-state index contributed by atoms with van der Waals surface area (Å²) < 4.78 is 7.09. The molecule has 0 fully saturated rings. The Hall–Kier alpha value is -7.10. The van der Waals surface area contributed by atoms with Crippen molar-refractivity contribution in [3.8, 4) is 33.5 Å². The molecule has 0 N–H and O–H groups in total. The fourth-order valence-electron chi connectivity index (χ4n) is 8.70. The van der Waals surface area contributed by atoms with Crippen molar-refractivity contribution < 1.29 is 4.42 Å². The van der Waals surface area contributed by atoms with E-state index in [9.17, 15) is 0 Å². The zero-order chi connectivity index (χ0) is 36.3. The highest BCUT2D eigenvalue weighted by molar-refractivity contribution is 6.23. The molecule has 55 heavy (non-hydrogen) atoms.